The van der Waals surface area contributed by atoms with Gasteiger partial charge in [0.1, 0.15) is 16.3 Å². The van der Waals surface area contributed by atoms with Gasteiger partial charge in [0, 0.05) is 19.2 Å². The van der Waals surface area contributed by atoms with Gasteiger partial charge in [0.15, 0.2) is 0 Å². The molecule has 2 aliphatic rings. The number of nitrogens with zero attached hydrogens (tertiary/aromatic N) is 1. The van der Waals surface area contributed by atoms with Gasteiger partial charge in [-0.1, -0.05) is 30.4 Å². The summed E-state index contributed by atoms with van der Waals surface area (Å²) in [4.78, 5) is 14.4. The summed E-state index contributed by atoms with van der Waals surface area (Å²) in [6.45, 7) is 0. The van der Waals surface area contributed by atoms with Gasteiger partial charge in [-0.25, -0.2) is 0 Å². The van der Waals surface area contributed by atoms with Crippen LogP contribution in [0.25, 0.3) is 0 Å². The van der Waals surface area contributed by atoms with E-state index in [0.717, 1.165) is 18.5 Å². The van der Waals surface area contributed by atoms with E-state index in [9.17, 15) is 9.90 Å². The highest BCUT2D eigenvalue weighted by atomic mass is 32.1. The molecule has 1 aliphatic heterocycles. The van der Waals surface area contributed by atoms with E-state index >= 15 is 0 Å². The number of amides is 1. The van der Waals surface area contributed by atoms with Crippen molar-refractivity contribution in [1.82, 2.24) is 4.90 Å². The van der Waals surface area contributed by atoms with E-state index in [4.69, 9.17) is 12.2 Å². The Bertz CT molecular complexity index is 606. The van der Waals surface area contributed by atoms with Crippen LogP contribution in [0.4, 0.5) is 5.69 Å². The molecule has 104 valence electrons. The standard InChI is InChI=1S/C15H16N2O2S/c1-17-14(19)12(11(18)9-15(17)7-8-15)13(20)16-10-5-3-2-4-6-10/h2-6,18H,7-9H2,1H3,(H,16,20). The van der Waals surface area contributed by atoms with Crippen LogP contribution in [-0.4, -0.2) is 33.5 Å². The quantitative estimate of drug-likeness (QED) is 0.821. The number of likely N-dealkylation sites (N-methyl/N-ethyl adjacent to an activating group) is 1. The fourth-order valence-electron chi connectivity index (χ4n) is 2.62. The second-order valence-electron chi connectivity index (χ2n) is 5.41. The van der Waals surface area contributed by atoms with Crippen LogP contribution in [0.1, 0.15) is 19.3 Å². The van der Waals surface area contributed by atoms with Gasteiger partial charge in [0.05, 0.1) is 5.54 Å². The number of hydrogen-bond donors (Lipinski definition) is 2. The average Bonchev–Trinajstić information content (AvgIpc) is 3.18. The van der Waals surface area contributed by atoms with Crippen molar-refractivity contribution < 1.29 is 9.90 Å². The lowest BCUT2D eigenvalue weighted by Gasteiger charge is -2.34. The molecule has 3 rings (SSSR count). The van der Waals surface area contributed by atoms with Gasteiger partial charge in [0.2, 0.25) is 0 Å². The van der Waals surface area contributed by atoms with Crippen molar-refractivity contribution in [2.24, 2.45) is 0 Å². The summed E-state index contributed by atoms with van der Waals surface area (Å²) >= 11 is 5.28. The molecule has 2 N–H and O–H groups in total. The molecule has 1 heterocycles. The SMILES string of the molecule is CN1C(=O)C(C(=S)Nc2ccccc2)=C(O)CC12CC2. The van der Waals surface area contributed by atoms with E-state index < -0.39 is 0 Å². The summed E-state index contributed by atoms with van der Waals surface area (Å²) < 4.78 is 0. The number of nitrogens with one attached hydrogen (secondary N) is 1. The molecule has 1 aromatic rings. The van der Waals surface area contributed by atoms with Crippen molar-refractivity contribution in [2.75, 3.05) is 12.4 Å². The number of hydrogen-bond acceptors (Lipinski definition) is 3. The zero-order chi connectivity index (χ0) is 14.3. The third kappa shape index (κ3) is 2.08. The second-order valence-corrected chi connectivity index (χ2v) is 5.82. The lowest BCUT2D eigenvalue weighted by atomic mass is 9.98. The van der Waals surface area contributed by atoms with Gasteiger partial charge < -0.3 is 15.3 Å². The van der Waals surface area contributed by atoms with Crippen LogP contribution < -0.4 is 5.32 Å². The fourth-order valence-corrected chi connectivity index (χ4v) is 2.95. The Morgan fingerprint density at radius 2 is 2.00 bits per heavy atom. The predicted octanol–water partition coefficient (Wildman–Crippen LogP) is 2.63. The maximum atomic E-state index is 12.4. The number of aliphatic hydroxyl groups excluding tert-OH is 1. The molecule has 1 aromatic carbocycles. The highest BCUT2D eigenvalue weighted by Gasteiger charge is 2.53. The largest absolute Gasteiger partial charge is 0.511 e. The molecular formula is C15H16N2O2S. The third-order valence-corrected chi connectivity index (χ3v) is 4.41. The Hall–Kier alpha value is -1.88. The van der Waals surface area contributed by atoms with Crippen LogP contribution in [-0.2, 0) is 4.79 Å². The molecule has 1 spiro atoms. The molecular weight excluding hydrogens is 272 g/mol. The summed E-state index contributed by atoms with van der Waals surface area (Å²) in [5.74, 6) is -0.0845. The summed E-state index contributed by atoms with van der Waals surface area (Å²) in [7, 11) is 1.78. The smallest absolute Gasteiger partial charge is 0.260 e. The van der Waals surface area contributed by atoms with E-state index in [1.165, 1.54) is 0 Å². The molecule has 0 atom stereocenters. The minimum atomic E-state index is -0.195. The lowest BCUT2D eigenvalue weighted by Crippen LogP contribution is -2.46. The van der Waals surface area contributed by atoms with E-state index in [1.807, 2.05) is 30.3 Å². The molecule has 1 saturated carbocycles. The second kappa shape index (κ2) is 4.59. The average molecular weight is 288 g/mol. The third-order valence-electron chi connectivity index (χ3n) is 4.10. The minimum absolute atomic E-state index is 0.110. The predicted molar refractivity (Wildman–Crippen MR) is 81.7 cm³/mol. The zero-order valence-corrected chi connectivity index (χ0v) is 12.0. The lowest BCUT2D eigenvalue weighted by molar-refractivity contribution is -0.129. The molecule has 1 fully saturated rings. The molecule has 0 aromatic heterocycles. The number of thiocarbonyl (C=S) groups is 1. The topological polar surface area (TPSA) is 52.6 Å². The van der Waals surface area contributed by atoms with Gasteiger partial charge in [-0.05, 0) is 25.0 Å². The highest BCUT2D eigenvalue weighted by molar-refractivity contribution is 7.81. The summed E-state index contributed by atoms with van der Waals surface area (Å²) in [6.07, 6.45) is 2.40. The molecule has 0 bridgehead atoms. The normalized spacial score (nSPS) is 20.2. The molecule has 1 aliphatic carbocycles. The monoisotopic (exact) mass is 288 g/mol. The van der Waals surface area contributed by atoms with E-state index in [1.54, 1.807) is 11.9 Å². The van der Waals surface area contributed by atoms with E-state index in [-0.39, 0.29) is 27.8 Å². The number of carbonyl (C=O) groups excluding carboxylic acids is 1. The van der Waals surface area contributed by atoms with Crippen LogP contribution >= 0.6 is 12.2 Å². The van der Waals surface area contributed by atoms with Crippen LogP contribution in [0.2, 0.25) is 0 Å². The summed E-state index contributed by atoms with van der Waals surface area (Å²) in [5.41, 5.74) is 0.872. The Labute approximate surface area is 123 Å². The van der Waals surface area contributed by atoms with Crippen LogP contribution in [0.3, 0.4) is 0 Å². The first-order chi connectivity index (χ1) is 9.53. The molecule has 4 nitrogen and oxygen atoms in total. The number of carbonyl (C=O) groups is 1. The van der Waals surface area contributed by atoms with Gasteiger partial charge in [-0.15, -0.1) is 0 Å². The van der Waals surface area contributed by atoms with Gasteiger partial charge in [-0.2, -0.15) is 0 Å². The Morgan fingerprint density at radius 3 is 2.60 bits per heavy atom. The van der Waals surface area contributed by atoms with Crippen molar-refractivity contribution in [3.05, 3.63) is 41.7 Å². The van der Waals surface area contributed by atoms with Crippen molar-refractivity contribution in [3.63, 3.8) is 0 Å². The van der Waals surface area contributed by atoms with Crippen molar-refractivity contribution in [1.29, 1.82) is 0 Å². The molecule has 0 radical (unpaired) electrons. The highest BCUT2D eigenvalue weighted by Crippen LogP contribution is 2.48. The first-order valence-electron chi connectivity index (χ1n) is 6.60. The first kappa shape index (κ1) is 13.1. The van der Waals surface area contributed by atoms with Gasteiger partial charge in [0.25, 0.3) is 5.91 Å². The van der Waals surface area contributed by atoms with E-state index in [0.29, 0.717) is 6.42 Å². The number of para-hydroxylation sites is 1. The van der Waals surface area contributed by atoms with Gasteiger partial charge in [-0.3, -0.25) is 4.79 Å². The zero-order valence-electron chi connectivity index (χ0n) is 11.2. The molecule has 5 heteroatoms. The molecule has 0 saturated heterocycles. The summed E-state index contributed by atoms with van der Waals surface area (Å²) in [6, 6.07) is 9.40. The van der Waals surface area contributed by atoms with Crippen molar-refractivity contribution >= 4 is 28.8 Å². The van der Waals surface area contributed by atoms with Crippen LogP contribution in [0, 0.1) is 0 Å². The Morgan fingerprint density at radius 1 is 1.35 bits per heavy atom. The summed E-state index contributed by atoms with van der Waals surface area (Å²) in [5, 5.41) is 13.2. The van der Waals surface area contributed by atoms with Crippen molar-refractivity contribution in [3.8, 4) is 0 Å². The molecule has 20 heavy (non-hydrogen) atoms. The maximum Gasteiger partial charge on any atom is 0.260 e. The molecule has 0 unspecified atom stereocenters. The fraction of sp³-hybridized carbons (Fsp3) is 0.333. The Balaban J connectivity index is 1.85. The number of anilines is 1. The van der Waals surface area contributed by atoms with Gasteiger partial charge >= 0.3 is 0 Å². The number of aliphatic hydroxyl groups is 1. The Kier molecular flexibility index (Phi) is 3.01. The van der Waals surface area contributed by atoms with E-state index in [2.05, 4.69) is 5.32 Å². The maximum absolute atomic E-state index is 12.4. The molecule has 1 amide bonds. The van der Waals surface area contributed by atoms with Crippen LogP contribution in [0.5, 0.6) is 0 Å². The van der Waals surface area contributed by atoms with Crippen LogP contribution in [0.15, 0.2) is 41.7 Å². The number of benzene rings is 1. The number of rotatable bonds is 2. The minimum Gasteiger partial charge on any atom is -0.511 e. The first-order valence-corrected chi connectivity index (χ1v) is 7.01. The van der Waals surface area contributed by atoms with Crippen molar-refractivity contribution in [2.45, 2.75) is 24.8 Å².